The van der Waals surface area contributed by atoms with Crippen LogP contribution >= 0.6 is 0 Å². The van der Waals surface area contributed by atoms with Gasteiger partial charge in [0.2, 0.25) is 0 Å². The van der Waals surface area contributed by atoms with Gasteiger partial charge in [-0.3, -0.25) is 4.98 Å². The first-order chi connectivity index (χ1) is 20.1. The minimum Gasteiger partial charge on any atom is -0.492 e. The van der Waals surface area contributed by atoms with E-state index >= 15 is 0 Å². The van der Waals surface area contributed by atoms with E-state index in [0.717, 1.165) is 54.3 Å². The summed E-state index contributed by atoms with van der Waals surface area (Å²) >= 11 is 0. The number of hydrogen-bond donors (Lipinski definition) is 1. The Morgan fingerprint density at radius 3 is 2.33 bits per heavy atom. The monoisotopic (exact) mass is 588 g/mol. The summed E-state index contributed by atoms with van der Waals surface area (Å²) in [5.74, 6) is 0.674. The van der Waals surface area contributed by atoms with Gasteiger partial charge in [-0.2, -0.15) is 0 Å². The molecule has 3 aromatic rings. The second-order valence-electron chi connectivity index (χ2n) is 13.5. The van der Waals surface area contributed by atoms with Gasteiger partial charge in [-0.05, 0) is 95.2 Å². The number of hydrogen-bond acceptors (Lipinski definition) is 7. The third kappa shape index (κ3) is 8.05. The Hall–Kier alpha value is -3.65. The van der Waals surface area contributed by atoms with Gasteiger partial charge in [-0.15, -0.1) is 0 Å². The van der Waals surface area contributed by atoms with E-state index in [1.807, 2.05) is 65.3 Å². The lowest BCUT2D eigenvalue weighted by Crippen LogP contribution is -2.39. The molecule has 1 saturated heterocycles. The van der Waals surface area contributed by atoms with Gasteiger partial charge in [0.1, 0.15) is 18.2 Å². The molecule has 8 nitrogen and oxygen atoms in total. The minimum absolute atomic E-state index is 0.239. The SMILES string of the molecule is Cc1ccc(OCCN(C)c2ccc(-c3cnc(C)c([C@H](OC(C)(C)C)C(=O)O)c3N3CCC(C)(C)CC3)cn2)cc1C. The lowest BCUT2D eigenvalue weighted by molar-refractivity contribution is -0.160. The lowest BCUT2D eigenvalue weighted by Gasteiger charge is -2.41. The quantitative estimate of drug-likeness (QED) is 0.267. The Bertz CT molecular complexity index is 1420. The molecule has 2 aromatic heterocycles. The molecule has 4 rings (SSSR count). The molecule has 1 aliphatic heterocycles. The van der Waals surface area contributed by atoms with Crippen LogP contribution in [0.3, 0.4) is 0 Å². The summed E-state index contributed by atoms with van der Waals surface area (Å²) in [5.41, 5.74) is 5.95. The largest absolute Gasteiger partial charge is 0.492 e. The van der Waals surface area contributed by atoms with Crippen LogP contribution in [0.2, 0.25) is 0 Å². The smallest absolute Gasteiger partial charge is 0.337 e. The summed E-state index contributed by atoms with van der Waals surface area (Å²) in [6, 6.07) is 10.2. The zero-order chi connectivity index (χ0) is 31.5. The maximum Gasteiger partial charge on any atom is 0.337 e. The van der Waals surface area contributed by atoms with Gasteiger partial charge in [-0.1, -0.05) is 19.9 Å². The molecule has 1 aliphatic rings. The number of ether oxygens (including phenoxy) is 2. The first kappa shape index (κ1) is 32.3. The van der Waals surface area contributed by atoms with Gasteiger partial charge in [0.05, 0.1) is 17.8 Å². The Balaban J connectivity index is 1.63. The van der Waals surface area contributed by atoms with Crippen molar-refractivity contribution in [3.8, 4) is 16.9 Å². The fourth-order valence-corrected chi connectivity index (χ4v) is 5.39. The average Bonchev–Trinajstić information content (AvgIpc) is 2.93. The predicted molar refractivity (Wildman–Crippen MR) is 173 cm³/mol. The summed E-state index contributed by atoms with van der Waals surface area (Å²) in [6.07, 6.45) is 4.58. The first-order valence-electron chi connectivity index (χ1n) is 15.2. The van der Waals surface area contributed by atoms with Crippen LogP contribution in [0.15, 0.2) is 42.7 Å². The van der Waals surface area contributed by atoms with E-state index in [4.69, 9.17) is 14.5 Å². The molecule has 43 heavy (non-hydrogen) atoms. The number of aliphatic carboxylic acids is 1. The zero-order valence-corrected chi connectivity index (χ0v) is 27.3. The molecule has 3 heterocycles. The second kappa shape index (κ2) is 12.9. The van der Waals surface area contributed by atoms with Crippen molar-refractivity contribution in [1.29, 1.82) is 0 Å². The average molecular weight is 589 g/mol. The van der Waals surface area contributed by atoms with Crippen LogP contribution in [0.4, 0.5) is 11.5 Å². The lowest BCUT2D eigenvalue weighted by atomic mass is 9.82. The van der Waals surface area contributed by atoms with Crippen molar-refractivity contribution in [1.82, 2.24) is 9.97 Å². The molecule has 0 unspecified atom stereocenters. The van der Waals surface area contributed by atoms with Gasteiger partial charge >= 0.3 is 5.97 Å². The standard InChI is InChI=1S/C35H48N4O4/c1-23-10-12-27(20-24(23)2)42-19-18-38(9)29-13-11-26(21-37-29)28-22-36-25(3)30(32(33(40)41)43-34(4,5)6)31(28)39-16-14-35(7,8)15-17-39/h10-13,20-22,32H,14-19H2,1-9H3,(H,40,41)/t32-/m0/s1. The van der Waals surface area contributed by atoms with Gasteiger partial charge < -0.3 is 24.4 Å². The van der Waals surface area contributed by atoms with Gasteiger partial charge in [0, 0.05) is 54.9 Å². The van der Waals surface area contributed by atoms with Crippen molar-refractivity contribution >= 4 is 17.5 Å². The minimum atomic E-state index is -1.15. The highest BCUT2D eigenvalue weighted by molar-refractivity contribution is 5.86. The topological polar surface area (TPSA) is 88.0 Å². The normalized spacial score (nSPS) is 15.7. The fraction of sp³-hybridized carbons (Fsp3) is 0.514. The van der Waals surface area contributed by atoms with Crippen LogP contribution in [-0.2, 0) is 9.53 Å². The molecule has 1 fully saturated rings. The van der Waals surface area contributed by atoms with Crippen LogP contribution in [0, 0.1) is 26.2 Å². The number of likely N-dealkylation sites (N-methyl/N-ethyl adjacent to an activating group) is 1. The molecule has 0 spiro atoms. The van der Waals surface area contributed by atoms with E-state index < -0.39 is 17.7 Å². The van der Waals surface area contributed by atoms with Crippen LogP contribution in [0.25, 0.3) is 11.1 Å². The Kier molecular flexibility index (Phi) is 9.70. The highest BCUT2D eigenvalue weighted by Gasteiger charge is 2.35. The maximum atomic E-state index is 12.6. The third-order valence-electron chi connectivity index (χ3n) is 8.30. The maximum absolute atomic E-state index is 12.6. The summed E-state index contributed by atoms with van der Waals surface area (Å²) < 4.78 is 12.1. The van der Waals surface area contributed by atoms with Gasteiger partial charge in [0.15, 0.2) is 6.10 Å². The van der Waals surface area contributed by atoms with E-state index in [9.17, 15) is 9.90 Å². The number of carbonyl (C=O) groups is 1. The number of anilines is 2. The number of nitrogens with zero attached hydrogens (tertiary/aromatic N) is 4. The van der Waals surface area contributed by atoms with Crippen molar-refractivity contribution in [2.45, 2.75) is 79.9 Å². The van der Waals surface area contributed by atoms with Crippen molar-refractivity contribution in [2.24, 2.45) is 5.41 Å². The highest BCUT2D eigenvalue weighted by atomic mass is 16.5. The van der Waals surface area contributed by atoms with Crippen molar-refractivity contribution in [3.05, 3.63) is 65.1 Å². The van der Waals surface area contributed by atoms with Crippen molar-refractivity contribution in [3.63, 3.8) is 0 Å². The molecule has 8 heteroatoms. The number of carboxylic acids is 1. The van der Waals surface area contributed by atoms with Crippen LogP contribution in [0.5, 0.6) is 5.75 Å². The molecule has 0 radical (unpaired) electrons. The molecule has 0 bridgehead atoms. The number of carboxylic acid groups (broad SMARTS) is 1. The van der Waals surface area contributed by atoms with E-state index in [-0.39, 0.29) is 5.41 Å². The van der Waals surface area contributed by atoms with Crippen LogP contribution < -0.4 is 14.5 Å². The van der Waals surface area contributed by atoms with Crippen LogP contribution in [0.1, 0.15) is 75.9 Å². The van der Waals surface area contributed by atoms with E-state index in [1.54, 1.807) is 0 Å². The molecule has 1 aromatic carbocycles. The zero-order valence-electron chi connectivity index (χ0n) is 27.3. The fourth-order valence-electron chi connectivity index (χ4n) is 5.39. The molecular formula is C35H48N4O4. The number of piperidine rings is 1. The number of rotatable bonds is 10. The van der Waals surface area contributed by atoms with Crippen molar-refractivity contribution in [2.75, 3.05) is 43.1 Å². The molecular weight excluding hydrogens is 540 g/mol. The molecule has 0 amide bonds. The first-order valence-corrected chi connectivity index (χ1v) is 15.2. The van der Waals surface area contributed by atoms with Gasteiger partial charge in [0.25, 0.3) is 0 Å². The molecule has 0 aliphatic carbocycles. The second-order valence-corrected chi connectivity index (χ2v) is 13.5. The Morgan fingerprint density at radius 2 is 1.74 bits per heavy atom. The Morgan fingerprint density at radius 1 is 1.05 bits per heavy atom. The third-order valence-corrected chi connectivity index (χ3v) is 8.30. The summed E-state index contributed by atoms with van der Waals surface area (Å²) in [6.45, 7) is 19.1. The summed E-state index contributed by atoms with van der Waals surface area (Å²) in [7, 11) is 2.00. The number of aromatic nitrogens is 2. The van der Waals surface area contributed by atoms with E-state index in [0.29, 0.717) is 24.4 Å². The molecule has 1 N–H and O–H groups in total. The number of aryl methyl sites for hydroxylation is 3. The van der Waals surface area contributed by atoms with Gasteiger partial charge in [-0.25, -0.2) is 9.78 Å². The van der Waals surface area contributed by atoms with E-state index in [2.05, 4.69) is 54.6 Å². The summed E-state index contributed by atoms with van der Waals surface area (Å²) in [4.78, 5) is 26.5. The number of benzene rings is 1. The Labute approximate surface area is 257 Å². The molecule has 0 saturated carbocycles. The predicted octanol–water partition coefficient (Wildman–Crippen LogP) is 7.15. The summed E-state index contributed by atoms with van der Waals surface area (Å²) in [5, 5.41) is 10.3. The molecule has 1 atom stereocenters. The highest BCUT2D eigenvalue weighted by Crippen LogP contribution is 2.43. The number of pyridine rings is 2. The van der Waals surface area contributed by atoms with E-state index in [1.165, 1.54) is 11.1 Å². The van der Waals surface area contributed by atoms with Crippen molar-refractivity contribution < 1.29 is 19.4 Å². The molecule has 232 valence electrons. The van der Waals surface area contributed by atoms with Crippen LogP contribution in [-0.4, -0.2) is 59.9 Å².